The summed E-state index contributed by atoms with van der Waals surface area (Å²) in [5.74, 6) is 0.169. The smallest absolute Gasteiger partial charge is 0.231 e. The van der Waals surface area contributed by atoms with Crippen LogP contribution in [0.3, 0.4) is 0 Å². The maximum absolute atomic E-state index is 11.8. The molecule has 4 nitrogen and oxygen atoms in total. The topological polar surface area (TPSA) is 36.4 Å². The SMILES string of the molecule is CN1C(=O)Cc2cc(-c3csc(CCN4CCCCC4)n3)ccc21. The van der Waals surface area contributed by atoms with Crippen molar-refractivity contribution >= 4 is 22.9 Å². The second-order valence-corrected chi connectivity index (χ2v) is 7.69. The molecule has 0 radical (unpaired) electrons. The van der Waals surface area contributed by atoms with Crippen molar-refractivity contribution in [2.45, 2.75) is 32.1 Å². The Bertz CT molecular complexity index is 749. The van der Waals surface area contributed by atoms with Crippen molar-refractivity contribution in [1.29, 1.82) is 0 Å². The lowest BCUT2D eigenvalue weighted by atomic mass is 10.1. The van der Waals surface area contributed by atoms with Gasteiger partial charge in [0.05, 0.1) is 17.1 Å². The van der Waals surface area contributed by atoms with E-state index in [2.05, 4.69) is 22.4 Å². The third-order valence-corrected chi connectivity index (χ3v) is 6.00. The van der Waals surface area contributed by atoms with Crippen LogP contribution in [0.2, 0.25) is 0 Å². The molecule has 3 heterocycles. The average Bonchev–Trinajstić information content (AvgIpc) is 3.19. The van der Waals surface area contributed by atoms with Crippen molar-refractivity contribution in [1.82, 2.24) is 9.88 Å². The average molecular weight is 341 g/mol. The molecule has 0 bridgehead atoms. The highest BCUT2D eigenvalue weighted by Gasteiger charge is 2.24. The Labute approximate surface area is 147 Å². The molecule has 1 amide bonds. The zero-order valence-electron chi connectivity index (χ0n) is 14.1. The number of aromatic nitrogens is 1. The Hall–Kier alpha value is -1.72. The molecule has 0 saturated carbocycles. The molecule has 0 unspecified atom stereocenters. The number of carbonyl (C=O) groups excluding carboxylic acids is 1. The van der Waals surface area contributed by atoms with Crippen molar-refractivity contribution in [3.63, 3.8) is 0 Å². The molecule has 1 fully saturated rings. The zero-order valence-corrected chi connectivity index (χ0v) is 14.9. The molecule has 1 aromatic carbocycles. The molecule has 126 valence electrons. The first kappa shape index (κ1) is 15.8. The maximum Gasteiger partial charge on any atom is 0.231 e. The van der Waals surface area contributed by atoms with Crippen molar-refractivity contribution in [2.75, 3.05) is 31.6 Å². The van der Waals surface area contributed by atoms with Crippen molar-refractivity contribution in [3.8, 4) is 11.3 Å². The van der Waals surface area contributed by atoms with E-state index in [0.717, 1.165) is 35.5 Å². The van der Waals surface area contributed by atoms with Gasteiger partial charge in [0.1, 0.15) is 0 Å². The van der Waals surface area contributed by atoms with Crippen LogP contribution in [0, 0.1) is 0 Å². The molecule has 1 saturated heterocycles. The fourth-order valence-electron chi connectivity index (χ4n) is 3.62. The Morgan fingerprint density at radius 2 is 2.04 bits per heavy atom. The molecule has 0 aliphatic carbocycles. The summed E-state index contributed by atoms with van der Waals surface area (Å²) in [6.45, 7) is 3.60. The Morgan fingerprint density at radius 3 is 2.88 bits per heavy atom. The van der Waals surface area contributed by atoms with Gasteiger partial charge in [-0.15, -0.1) is 11.3 Å². The van der Waals surface area contributed by atoms with Gasteiger partial charge < -0.3 is 9.80 Å². The normalized spacial score (nSPS) is 18.2. The molecule has 0 spiro atoms. The number of thiazole rings is 1. The second-order valence-electron chi connectivity index (χ2n) is 6.75. The van der Waals surface area contributed by atoms with Crippen LogP contribution >= 0.6 is 11.3 Å². The summed E-state index contributed by atoms with van der Waals surface area (Å²) in [5.41, 5.74) is 4.31. The number of hydrogen-bond acceptors (Lipinski definition) is 4. The van der Waals surface area contributed by atoms with E-state index in [4.69, 9.17) is 4.98 Å². The van der Waals surface area contributed by atoms with Gasteiger partial charge in [-0.05, 0) is 43.6 Å². The van der Waals surface area contributed by atoms with Gasteiger partial charge in [-0.1, -0.05) is 12.5 Å². The molecule has 2 aliphatic heterocycles. The number of nitrogens with zero attached hydrogens (tertiary/aromatic N) is 3. The minimum atomic E-state index is 0.169. The van der Waals surface area contributed by atoms with Crippen LogP contribution in [-0.4, -0.2) is 42.5 Å². The molecule has 0 atom stereocenters. The third-order valence-electron chi connectivity index (χ3n) is 5.09. The van der Waals surface area contributed by atoms with Gasteiger partial charge in [0.25, 0.3) is 0 Å². The van der Waals surface area contributed by atoms with Crippen molar-refractivity contribution < 1.29 is 4.79 Å². The standard InChI is InChI=1S/C19H23N3OS/c1-21-17-6-5-14(11-15(17)12-19(21)23)16-13-24-18(20-16)7-10-22-8-3-2-4-9-22/h5-6,11,13H,2-4,7-10,12H2,1H3. The first-order valence-electron chi connectivity index (χ1n) is 8.77. The molecule has 1 aromatic heterocycles. The lowest BCUT2D eigenvalue weighted by molar-refractivity contribution is -0.117. The number of benzene rings is 1. The summed E-state index contributed by atoms with van der Waals surface area (Å²) in [6, 6.07) is 6.25. The predicted molar refractivity (Wildman–Crippen MR) is 98.7 cm³/mol. The lowest BCUT2D eigenvalue weighted by Gasteiger charge is -2.25. The van der Waals surface area contributed by atoms with Gasteiger partial charge in [-0.2, -0.15) is 0 Å². The largest absolute Gasteiger partial charge is 0.315 e. The van der Waals surface area contributed by atoms with Gasteiger partial charge in [-0.25, -0.2) is 4.98 Å². The van der Waals surface area contributed by atoms with E-state index in [1.165, 1.54) is 37.4 Å². The van der Waals surface area contributed by atoms with E-state index < -0.39 is 0 Å². The fraction of sp³-hybridized carbons (Fsp3) is 0.474. The molecular formula is C19H23N3OS. The van der Waals surface area contributed by atoms with Gasteiger partial charge in [-0.3, -0.25) is 4.79 Å². The summed E-state index contributed by atoms with van der Waals surface area (Å²) in [6.07, 6.45) is 5.60. The summed E-state index contributed by atoms with van der Waals surface area (Å²) in [7, 11) is 1.84. The lowest BCUT2D eigenvalue weighted by Crippen LogP contribution is -2.31. The van der Waals surface area contributed by atoms with E-state index in [0.29, 0.717) is 6.42 Å². The fourth-order valence-corrected chi connectivity index (χ4v) is 4.42. The van der Waals surface area contributed by atoms with Crippen LogP contribution in [0.15, 0.2) is 23.6 Å². The van der Waals surface area contributed by atoms with Crippen LogP contribution < -0.4 is 4.90 Å². The number of rotatable bonds is 4. The minimum absolute atomic E-state index is 0.169. The van der Waals surface area contributed by atoms with Gasteiger partial charge >= 0.3 is 0 Å². The van der Waals surface area contributed by atoms with E-state index in [9.17, 15) is 4.79 Å². The van der Waals surface area contributed by atoms with E-state index >= 15 is 0 Å². The van der Waals surface area contributed by atoms with E-state index in [1.54, 1.807) is 16.2 Å². The number of piperidine rings is 1. The first-order valence-corrected chi connectivity index (χ1v) is 9.65. The monoisotopic (exact) mass is 341 g/mol. The highest BCUT2D eigenvalue weighted by atomic mass is 32.1. The number of hydrogen-bond donors (Lipinski definition) is 0. The first-order chi connectivity index (χ1) is 11.7. The summed E-state index contributed by atoms with van der Waals surface area (Å²) < 4.78 is 0. The molecule has 2 aliphatic rings. The Kier molecular flexibility index (Phi) is 4.37. The van der Waals surface area contributed by atoms with E-state index in [1.807, 2.05) is 13.1 Å². The molecule has 2 aromatic rings. The number of fused-ring (bicyclic) bond motifs is 1. The second kappa shape index (κ2) is 6.65. The molecular weight excluding hydrogens is 318 g/mol. The molecule has 24 heavy (non-hydrogen) atoms. The van der Waals surface area contributed by atoms with Gasteiger partial charge in [0.2, 0.25) is 5.91 Å². The minimum Gasteiger partial charge on any atom is -0.315 e. The van der Waals surface area contributed by atoms with Crippen LogP contribution in [0.4, 0.5) is 5.69 Å². The molecule has 4 rings (SSSR count). The predicted octanol–water partition coefficient (Wildman–Crippen LogP) is 3.36. The number of likely N-dealkylation sites (tertiary alicyclic amines) is 1. The summed E-state index contributed by atoms with van der Waals surface area (Å²) >= 11 is 1.75. The summed E-state index contributed by atoms with van der Waals surface area (Å²) in [4.78, 5) is 20.9. The third kappa shape index (κ3) is 3.10. The zero-order chi connectivity index (χ0) is 16.5. The number of amides is 1. The molecule has 5 heteroatoms. The van der Waals surface area contributed by atoms with Crippen molar-refractivity contribution in [3.05, 3.63) is 34.2 Å². The molecule has 0 N–H and O–H groups in total. The quantitative estimate of drug-likeness (QED) is 0.856. The number of likely N-dealkylation sites (N-methyl/N-ethyl adjacent to an activating group) is 1. The number of anilines is 1. The highest BCUT2D eigenvalue weighted by molar-refractivity contribution is 7.09. The van der Waals surface area contributed by atoms with E-state index in [-0.39, 0.29) is 5.91 Å². The number of carbonyl (C=O) groups is 1. The maximum atomic E-state index is 11.8. The van der Waals surface area contributed by atoms with Crippen LogP contribution in [0.1, 0.15) is 29.8 Å². The Morgan fingerprint density at radius 1 is 1.21 bits per heavy atom. The highest BCUT2D eigenvalue weighted by Crippen LogP contribution is 2.32. The Balaban J connectivity index is 1.45. The van der Waals surface area contributed by atoms with Crippen LogP contribution in [0.5, 0.6) is 0 Å². The van der Waals surface area contributed by atoms with Crippen LogP contribution in [-0.2, 0) is 17.6 Å². The van der Waals surface area contributed by atoms with Crippen LogP contribution in [0.25, 0.3) is 11.3 Å². The van der Waals surface area contributed by atoms with Gasteiger partial charge in [0, 0.05) is 36.6 Å². The summed E-state index contributed by atoms with van der Waals surface area (Å²) in [5, 5.41) is 3.36. The van der Waals surface area contributed by atoms with Gasteiger partial charge in [0.15, 0.2) is 0 Å². The van der Waals surface area contributed by atoms with Crippen molar-refractivity contribution in [2.24, 2.45) is 0 Å².